The molecule has 2 N–H and O–H groups in total. The van der Waals surface area contributed by atoms with Gasteiger partial charge in [0.15, 0.2) is 0 Å². The fraction of sp³-hybridized carbons (Fsp3) is 0.429. The predicted molar refractivity (Wildman–Crippen MR) is 69.3 cm³/mol. The van der Waals surface area contributed by atoms with Gasteiger partial charge >= 0.3 is 0 Å². The largest absolute Gasteiger partial charge is 0.497 e. The Kier molecular flexibility index (Phi) is 3.69. The molecule has 0 aromatic heterocycles. The summed E-state index contributed by atoms with van der Waals surface area (Å²) in [5, 5.41) is 0. The number of hydrogen-bond acceptors (Lipinski definition) is 3. The van der Waals surface area contributed by atoms with Crippen molar-refractivity contribution in [2.24, 2.45) is 5.73 Å². The van der Waals surface area contributed by atoms with Crippen LogP contribution in [0.2, 0.25) is 0 Å². The Labute approximate surface area is 102 Å². The van der Waals surface area contributed by atoms with E-state index in [0.717, 1.165) is 29.9 Å². The molecule has 1 aromatic rings. The van der Waals surface area contributed by atoms with Crippen LogP contribution in [0.5, 0.6) is 11.5 Å². The van der Waals surface area contributed by atoms with Crippen LogP contribution in [0.25, 0.3) is 6.08 Å². The van der Waals surface area contributed by atoms with Crippen LogP contribution in [-0.4, -0.2) is 19.8 Å². The van der Waals surface area contributed by atoms with Crippen molar-refractivity contribution < 1.29 is 9.47 Å². The summed E-state index contributed by atoms with van der Waals surface area (Å²) in [6.07, 6.45) is 4.05. The summed E-state index contributed by atoms with van der Waals surface area (Å²) >= 11 is 0. The van der Waals surface area contributed by atoms with Gasteiger partial charge in [-0.05, 0) is 42.7 Å². The average Bonchev–Trinajstić information content (AvgIpc) is 2.37. The predicted octanol–water partition coefficient (Wildman–Crippen LogP) is 2.60. The maximum atomic E-state index is 5.96. The lowest BCUT2D eigenvalue weighted by molar-refractivity contribution is 0.338. The fourth-order valence-electron chi connectivity index (χ4n) is 1.93. The van der Waals surface area contributed by atoms with Gasteiger partial charge in [0.25, 0.3) is 0 Å². The Bertz CT molecular complexity index is 426. The number of nitrogens with two attached hydrogens (primary N) is 1. The first kappa shape index (κ1) is 12.0. The summed E-state index contributed by atoms with van der Waals surface area (Å²) in [5.41, 5.74) is 8.29. The van der Waals surface area contributed by atoms with Crippen molar-refractivity contribution in [3.05, 3.63) is 29.3 Å². The molecule has 1 atom stereocenters. The normalized spacial score (nSPS) is 15.6. The first-order chi connectivity index (χ1) is 8.22. The lowest BCUT2D eigenvalue weighted by Gasteiger charge is -2.20. The third kappa shape index (κ3) is 2.80. The Morgan fingerprint density at radius 1 is 1.47 bits per heavy atom. The van der Waals surface area contributed by atoms with E-state index in [0.29, 0.717) is 6.61 Å². The highest BCUT2D eigenvalue weighted by molar-refractivity contribution is 5.64. The fourth-order valence-corrected chi connectivity index (χ4v) is 1.93. The summed E-state index contributed by atoms with van der Waals surface area (Å²) in [6.45, 7) is 2.75. The third-order valence-electron chi connectivity index (χ3n) is 3.04. The van der Waals surface area contributed by atoms with Gasteiger partial charge in [0.1, 0.15) is 18.1 Å². The van der Waals surface area contributed by atoms with E-state index in [1.165, 1.54) is 5.57 Å². The van der Waals surface area contributed by atoms with Crippen LogP contribution in [0.3, 0.4) is 0 Å². The van der Waals surface area contributed by atoms with Gasteiger partial charge in [-0.2, -0.15) is 0 Å². The van der Waals surface area contributed by atoms with E-state index in [9.17, 15) is 0 Å². The minimum Gasteiger partial charge on any atom is -0.497 e. The molecule has 17 heavy (non-hydrogen) atoms. The molecular weight excluding hydrogens is 214 g/mol. The highest BCUT2D eigenvalue weighted by Gasteiger charge is 2.13. The van der Waals surface area contributed by atoms with E-state index in [2.05, 4.69) is 13.0 Å². The highest BCUT2D eigenvalue weighted by atomic mass is 16.5. The number of hydrogen-bond donors (Lipinski definition) is 1. The molecule has 0 bridgehead atoms. The highest BCUT2D eigenvalue weighted by Crippen LogP contribution is 2.30. The zero-order chi connectivity index (χ0) is 12.3. The second-order valence-corrected chi connectivity index (χ2v) is 4.37. The van der Waals surface area contributed by atoms with E-state index in [4.69, 9.17) is 15.2 Å². The van der Waals surface area contributed by atoms with Gasteiger partial charge < -0.3 is 15.2 Å². The molecule has 2 rings (SSSR count). The molecule has 1 aromatic carbocycles. The molecule has 0 saturated heterocycles. The van der Waals surface area contributed by atoms with Crippen LogP contribution in [-0.2, 0) is 0 Å². The van der Waals surface area contributed by atoms with Gasteiger partial charge in [-0.25, -0.2) is 0 Å². The number of rotatable bonds is 4. The molecule has 3 heteroatoms. The first-order valence-electron chi connectivity index (χ1n) is 5.98. The smallest absolute Gasteiger partial charge is 0.127 e. The molecule has 0 spiro atoms. The SMILES string of the molecule is CCC(N)CC1=Cc2cc(OC)ccc2OC1. The van der Waals surface area contributed by atoms with Crippen molar-refractivity contribution in [3.8, 4) is 11.5 Å². The van der Waals surface area contributed by atoms with Gasteiger partial charge in [0, 0.05) is 11.6 Å². The molecule has 92 valence electrons. The molecular formula is C14H19NO2. The molecule has 1 aliphatic rings. The summed E-state index contributed by atoms with van der Waals surface area (Å²) in [6, 6.07) is 6.07. The second kappa shape index (κ2) is 5.23. The lowest BCUT2D eigenvalue weighted by atomic mass is 10.0. The van der Waals surface area contributed by atoms with Crippen molar-refractivity contribution in [3.63, 3.8) is 0 Å². The zero-order valence-corrected chi connectivity index (χ0v) is 10.4. The topological polar surface area (TPSA) is 44.5 Å². The standard InChI is InChI=1S/C14H19NO2/c1-3-12(15)7-10-6-11-8-13(16-2)4-5-14(11)17-9-10/h4-6,8,12H,3,7,9,15H2,1-2H3. The van der Waals surface area contributed by atoms with Crippen LogP contribution in [0.15, 0.2) is 23.8 Å². The Morgan fingerprint density at radius 2 is 2.29 bits per heavy atom. The lowest BCUT2D eigenvalue weighted by Crippen LogP contribution is -2.21. The van der Waals surface area contributed by atoms with Crippen molar-refractivity contribution in [2.45, 2.75) is 25.8 Å². The molecule has 0 fully saturated rings. The number of methoxy groups -OCH3 is 1. The van der Waals surface area contributed by atoms with Gasteiger partial charge in [0.2, 0.25) is 0 Å². The zero-order valence-electron chi connectivity index (χ0n) is 10.4. The third-order valence-corrected chi connectivity index (χ3v) is 3.04. The van der Waals surface area contributed by atoms with E-state index in [1.807, 2.05) is 18.2 Å². The maximum absolute atomic E-state index is 5.96. The Balaban J connectivity index is 2.20. The first-order valence-corrected chi connectivity index (χ1v) is 5.98. The summed E-state index contributed by atoms with van der Waals surface area (Å²) in [5.74, 6) is 1.77. The minimum absolute atomic E-state index is 0.219. The van der Waals surface area contributed by atoms with Crippen molar-refractivity contribution >= 4 is 6.08 Å². The molecule has 1 aliphatic heterocycles. The van der Waals surface area contributed by atoms with Gasteiger partial charge in [-0.3, -0.25) is 0 Å². The number of benzene rings is 1. The van der Waals surface area contributed by atoms with Gasteiger partial charge in [-0.15, -0.1) is 0 Å². The van der Waals surface area contributed by atoms with Crippen LogP contribution in [0.1, 0.15) is 25.3 Å². The van der Waals surface area contributed by atoms with Gasteiger partial charge in [-0.1, -0.05) is 6.92 Å². The van der Waals surface area contributed by atoms with E-state index >= 15 is 0 Å². The van der Waals surface area contributed by atoms with Crippen molar-refractivity contribution in [1.82, 2.24) is 0 Å². The quantitative estimate of drug-likeness (QED) is 0.869. The molecule has 3 nitrogen and oxygen atoms in total. The summed E-state index contributed by atoms with van der Waals surface area (Å²) < 4.78 is 10.9. The van der Waals surface area contributed by atoms with E-state index < -0.39 is 0 Å². The maximum Gasteiger partial charge on any atom is 0.127 e. The van der Waals surface area contributed by atoms with Crippen LogP contribution >= 0.6 is 0 Å². The molecule has 0 radical (unpaired) electrons. The number of ether oxygens (including phenoxy) is 2. The second-order valence-electron chi connectivity index (χ2n) is 4.37. The Hall–Kier alpha value is -1.48. The molecule has 0 saturated carbocycles. The van der Waals surface area contributed by atoms with Crippen molar-refractivity contribution in [1.29, 1.82) is 0 Å². The number of fused-ring (bicyclic) bond motifs is 1. The van der Waals surface area contributed by atoms with E-state index in [1.54, 1.807) is 7.11 Å². The summed E-state index contributed by atoms with van der Waals surface area (Å²) in [4.78, 5) is 0. The van der Waals surface area contributed by atoms with Crippen LogP contribution < -0.4 is 15.2 Å². The van der Waals surface area contributed by atoms with Crippen LogP contribution in [0, 0.1) is 0 Å². The molecule has 0 amide bonds. The average molecular weight is 233 g/mol. The minimum atomic E-state index is 0.219. The molecule has 1 unspecified atom stereocenters. The van der Waals surface area contributed by atoms with Crippen LogP contribution in [0.4, 0.5) is 0 Å². The van der Waals surface area contributed by atoms with Crippen molar-refractivity contribution in [2.75, 3.05) is 13.7 Å². The summed E-state index contributed by atoms with van der Waals surface area (Å²) in [7, 11) is 1.67. The van der Waals surface area contributed by atoms with E-state index in [-0.39, 0.29) is 6.04 Å². The monoisotopic (exact) mass is 233 g/mol. The molecule has 1 heterocycles. The van der Waals surface area contributed by atoms with Gasteiger partial charge in [0.05, 0.1) is 7.11 Å². The molecule has 0 aliphatic carbocycles. The Morgan fingerprint density at radius 3 is 3.00 bits per heavy atom.